The van der Waals surface area contributed by atoms with Gasteiger partial charge in [0.25, 0.3) is 10.0 Å². The van der Waals surface area contributed by atoms with E-state index in [0.29, 0.717) is 17.1 Å². The van der Waals surface area contributed by atoms with E-state index in [4.69, 9.17) is 0 Å². The number of nitrogens with one attached hydrogen (secondary N) is 2. The maximum absolute atomic E-state index is 14.2. The van der Waals surface area contributed by atoms with Crippen LogP contribution < -0.4 is 5.32 Å². The Morgan fingerprint density at radius 1 is 1.07 bits per heavy atom. The largest absolute Gasteiger partial charge is 0.377 e. The Bertz CT molecular complexity index is 1190. The number of tetrazole rings is 1. The molecule has 0 atom stereocenters. The van der Waals surface area contributed by atoms with Crippen LogP contribution in [0.15, 0.2) is 71.8 Å². The molecule has 0 saturated carbocycles. The molecule has 2 N–H and O–H groups in total. The van der Waals surface area contributed by atoms with Crippen LogP contribution in [0.2, 0.25) is 0 Å². The molecular formula is C18H15FN6O2S. The van der Waals surface area contributed by atoms with Crippen molar-refractivity contribution in [1.29, 1.82) is 0 Å². The van der Waals surface area contributed by atoms with Crippen molar-refractivity contribution in [3.05, 3.63) is 78.4 Å². The summed E-state index contributed by atoms with van der Waals surface area (Å²) in [6.45, 7) is 0.105. The highest BCUT2D eigenvalue weighted by molar-refractivity contribution is 7.90. The summed E-state index contributed by atoms with van der Waals surface area (Å²) in [5.41, 5.74) is 1.27. The van der Waals surface area contributed by atoms with Crippen LogP contribution in [0.3, 0.4) is 0 Å². The third-order valence-corrected chi connectivity index (χ3v) is 5.88. The van der Waals surface area contributed by atoms with Crippen LogP contribution in [0.1, 0.15) is 5.69 Å². The summed E-state index contributed by atoms with van der Waals surface area (Å²) in [6.07, 6.45) is 1.46. The standard InChI is InChI=1S/C18H15FN6O2S/c19-16-9-8-13(18-21-23-24-22-18)11-17(16)20-12-14-5-4-10-25(14)28(26,27)15-6-2-1-3-7-15/h1-11,20H,12H2,(H,21,22,23,24). The maximum atomic E-state index is 14.2. The Morgan fingerprint density at radius 3 is 2.64 bits per heavy atom. The summed E-state index contributed by atoms with van der Waals surface area (Å²) in [4.78, 5) is 0.179. The molecule has 4 aromatic rings. The van der Waals surface area contributed by atoms with E-state index in [-0.39, 0.29) is 17.1 Å². The fraction of sp³-hybridized carbons (Fsp3) is 0.0556. The van der Waals surface area contributed by atoms with Gasteiger partial charge in [0.1, 0.15) is 5.82 Å². The van der Waals surface area contributed by atoms with Crippen LogP contribution in [-0.4, -0.2) is 33.0 Å². The van der Waals surface area contributed by atoms with Crippen molar-refractivity contribution in [1.82, 2.24) is 24.6 Å². The fourth-order valence-corrected chi connectivity index (χ4v) is 4.15. The van der Waals surface area contributed by atoms with Crippen LogP contribution in [-0.2, 0) is 16.6 Å². The van der Waals surface area contributed by atoms with Crippen molar-refractivity contribution in [3.63, 3.8) is 0 Å². The molecule has 2 heterocycles. The van der Waals surface area contributed by atoms with Gasteiger partial charge in [0.05, 0.1) is 22.8 Å². The minimum absolute atomic E-state index is 0.105. The number of aromatic nitrogens is 5. The molecule has 0 aliphatic heterocycles. The van der Waals surface area contributed by atoms with Gasteiger partial charge in [0, 0.05) is 11.8 Å². The highest BCUT2D eigenvalue weighted by Gasteiger charge is 2.19. The van der Waals surface area contributed by atoms with Gasteiger partial charge in [-0.3, -0.25) is 0 Å². The van der Waals surface area contributed by atoms with Gasteiger partial charge in [0.2, 0.25) is 0 Å². The number of nitrogens with zero attached hydrogens (tertiary/aromatic N) is 4. The lowest BCUT2D eigenvalue weighted by Crippen LogP contribution is -2.16. The molecule has 0 spiro atoms. The number of hydrogen-bond acceptors (Lipinski definition) is 6. The smallest absolute Gasteiger partial charge is 0.267 e. The zero-order chi connectivity index (χ0) is 19.6. The van der Waals surface area contributed by atoms with Gasteiger partial charge in [-0.05, 0) is 52.9 Å². The third-order valence-electron chi connectivity index (χ3n) is 4.14. The van der Waals surface area contributed by atoms with Gasteiger partial charge >= 0.3 is 0 Å². The predicted octanol–water partition coefficient (Wildman–Crippen LogP) is 2.66. The van der Waals surface area contributed by atoms with E-state index in [1.807, 2.05) is 0 Å². The number of benzene rings is 2. The monoisotopic (exact) mass is 398 g/mol. The van der Waals surface area contributed by atoms with Crippen molar-refractivity contribution < 1.29 is 12.8 Å². The van der Waals surface area contributed by atoms with Gasteiger partial charge in [-0.1, -0.05) is 18.2 Å². The normalized spacial score (nSPS) is 11.5. The van der Waals surface area contributed by atoms with Crippen LogP contribution in [0, 0.1) is 5.82 Å². The number of rotatable bonds is 6. The van der Waals surface area contributed by atoms with Crippen molar-refractivity contribution in [2.24, 2.45) is 0 Å². The lowest BCUT2D eigenvalue weighted by molar-refractivity contribution is 0.585. The van der Waals surface area contributed by atoms with Crippen LogP contribution in [0.4, 0.5) is 10.1 Å². The van der Waals surface area contributed by atoms with Crippen molar-refractivity contribution in [2.45, 2.75) is 11.4 Å². The molecule has 0 aliphatic carbocycles. The second kappa shape index (κ2) is 7.24. The Balaban J connectivity index is 1.59. The van der Waals surface area contributed by atoms with E-state index in [1.54, 1.807) is 42.5 Å². The molecular weight excluding hydrogens is 383 g/mol. The molecule has 0 unspecified atom stereocenters. The molecule has 0 bridgehead atoms. The Morgan fingerprint density at radius 2 is 1.89 bits per heavy atom. The first-order valence-electron chi connectivity index (χ1n) is 8.30. The quantitative estimate of drug-likeness (QED) is 0.517. The molecule has 142 valence electrons. The molecule has 2 aromatic carbocycles. The summed E-state index contributed by atoms with van der Waals surface area (Å²) in [5, 5.41) is 16.3. The Labute approximate surface area is 160 Å². The third kappa shape index (κ3) is 3.37. The highest BCUT2D eigenvalue weighted by atomic mass is 32.2. The van der Waals surface area contributed by atoms with E-state index in [2.05, 4.69) is 25.9 Å². The van der Waals surface area contributed by atoms with Crippen LogP contribution >= 0.6 is 0 Å². The van der Waals surface area contributed by atoms with Crippen molar-refractivity contribution >= 4 is 15.7 Å². The number of aromatic amines is 1. The second-order valence-electron chi connectivity index (χ2n) is 5.91. The molecule has 8 nitrogen and oxygen atoms in total. The fourth-order valence-electron chi connectivity index (χ4n) is 2.75. The first-order valence-corrected chi connectivity index (χ1v) is 9.74. The minimum atomic E-state index is -3.73. The molecule has 0 radical (unpaired) electrons. The summed E-state index contributed by atoms with van der Waals surface area (Å²) < 4.78 is 41.0. The van der Waals surface area contributed by atoms with E-state index in [0.717, 1.165) is 0 Å². The summed E-state index contributed by atoms with van der Waals surface area (Å²) in [7, 11) is -3.73. The molecule has 0 saturated heterocycles. The van der Waals surface area contributed by atoms with Gasteiger partial charge in [0.15, 0.2) is 5.82 Å². The average molecular weight is 398 g/mol. The molecule has 0 aliphatic rings. The first kappa shape index (κ1) is 17.9. The average Bonchev–Trinajstić information content (AvgIpc) is 3.40. The van der Waals surface area contributed by atoms with Gasteiger partial charge in [-0.25, -0.2) is 21.9 Å². The van der Waals surface area contributed by atoms with Gasteiger partial charge < -0.3 is 5.32 Å². The highest BCUT2D eigenvalue weighted by Crippen LogP contribution is 2.23. The molecule has 0 fully saturated rings. The number of hydrogen-bond donors (Lipinski definition) is 2. The van der Waals surface area contributed by atoms with Crippen molar-refractivity contribution in [3.8, 4) is 11.4 Å². The zero-order valence-corrected chi connectivity index (χ0v) is 15.3. The number of anilines is 1. The predicted molar refractivity (Wildman–Crippen MR) is 100 cm³/mol. The lowest BCUT2D eigenvalue weighted by atomic mass is 10.2. The lowest BCUT2D eigenvalue weighted by Gasteiger charge is -2.13. The topological polar surface area (TPSA) is 106 Å². The molecule has 4 rings (SSSR count). The molecule has 10 heteroatoms. The summed E-state index contributed by atoms with van der Waals surface area (Å²) >= 11 is 0. The van der Waals surface area contributed by atoms with Crippen LogP contribution in [0.25, 0.3) is 11.4 Å². The zero-order valence-electron chi connectivity index (χ0n) is 14.4. The van der Waals surface area contributed by atoms with Crippen LogP contribution in [0.5, 0.6) is 0 Å². The molecule has 28 heavy (non-hydrogen) atoms. The minimum Gasteiger partial charge on any atom is -0.377 e. The van der Waals surface area contributed by atoms with E-state index < -0.39 is 15.8 Å². The molecule has 2 aromatic heterocycles. The first-order chi connectivity index (χ1) is 13.6. The van der Waals surface area contributed by atoms with E-state index >= 15 is 0 Å². The number of H-pyrrole nitrogens is 1. The van der Waals surface area contributed by atoms with E-state index in [1.165, 1.54) is 28.4 Å². The Hall–Kier alpha value is -3.53. The Kier molecular flexibility index (Phi) is 4.62. The van der Waals surface area contributed by atoms with Gasteiger partial charge in [-0.15, -0.1) is 5.10 Å². The van der Waals surface area contributed by atoms with Crippen molar-refractivity contribution in [2.75, 3.05) is 5.32 Å². The molecule has 0 amide bonds. The number of halogens is 1. The van der Waals surface area contributed by atoms with Gasteiger partial charge in [-0.2, -0.15) is 0 Å². The summed E-state index contributed by atoms with van der Waals surface area (Å²) in [5.74, 6) is -0.0710. The maximum Gasteiger partial charge on any atom is 0.267 e. The summed E-state index contributed by atoms with van der Waals surface area (Å²) in [6, 6.07) is 15.8. The van der Waals surface area contributed by atoms with E-state index in [9.17, 15) is 12.8 Å². The SMILES string of the molecule is O=S(=O)(c1ccccc1)n1cccc1CNc1cc(-c2nnn[nH]2)ccc1F. The second-order valence-corrected chi connectivity index (χ2v) is 7.73.